The summed E-state index contributed by atoms with van der Waals surface area (Å²) in [5.41, 5.74) is 0. The fourth-order valence-corrected chi connectivity index (χ4v) is 4.63. The number of rotatable bonds is 5. The highest BCUT2D eigenvalue weighted by atomic mass is 127. The van der Waals surface area contributed by atoms with E-state index in [9.17, 15) is 12.8 Å². The van der Waals surface area contributed by atoms with Crippen molar-refractivity contribution in [2.24, 2.45) is 10.9 Å². The van der Waals surface area contributed by atoms with E-state index in [2.05, 4.69) is 20.6 Å². The zero-order valence-corrected chi connectivity index (χ0v) is 20.0. The Bertz CT molecular complexity index is 801. The molecule has 0 radical (unpaired) electrons. The van der Waals surface area contributed by atoms with Crippen LogP contribution in [0.15, 0.2) is 23.3 Å². The summed E-state index contributed by atoms with van der Waals surface area (Å²) in [6, 6.07) is 3.19. The van der Waals surface area contributed by atoms with Crippen LogP contribution in [0, 0.1) is 11.7 Å². The molecular weight excluding hydrogens is 510 g/mol. The van der Waals surface area contributed by atoms with E-state index in [1.54, 1.807) is 23.6 Å². The highest BCUT2D eigenvalue weighted by Crippen LogP contribution is 2.21. The number of piperidine rings is 1. The van der Waals surface area contributed by atoms with E-state index < -0.39 is 10.0 Å². The van der Waals surface area contributed by atoms with Crippen molar-refractivity contribution in [3.05, 3.63) is 24.1 Å². The van der Waals surface area contributed by atoms with Gasteiger partial charge in [-0.05, 0) is 37.3 Å². The molecule has 11 heteroatoms. The Labute approximate surface area is 189 Å². The van der Waals surface area contributed by atoms with E-state index in [0.29, 0.717) is 31.4 Å². The lowest BCUT2D eigenvalue weighted by Gasteiger charge is -2.30. The zero-order chi connectivity index (χ0) is 20.1. The van der Waals surface area contributed by atoms with Crippen LogP contribution in [0.1, 0.15) is 19.3 Å². The summed E-state index contributed by atoms with van der Waals surface area (Å²) in [7, 11) is -1.36. The molecule has 1 aromatic rings. The van der Waals surface area contributed by atoms with Gasteiger partial charge in [0, 0.05) is 52.0 Å². The molecule has 1 unspecified atom stereocenters. The Morgan fingerprint density at radius 3 is 2.66 bits per heavy atom. The number of aliphatic imine (C=N–C) groups is 1. The summed E-state index contributed by atoms with van der Waals surface area (Å²) in [5.74, 6) is 1.23. The summed E-state index contributed by atoms with van der Waals surface area (Å²) in [4.78, 5) is 10.4. The van der Waals surface area contributed by atoms with Crippen molar-refractivity contribution >= 4 is 45.8 Å². The average Bonchev–Trinajstić information content (AvgIpc) is 3.13. The van der Waals surface area contributed by atoms with Crippen LogP contribution in [0.2, 0.25) is 0 Å². The number of aromatic nitrogens is 1. The van der Waals surface area contributed by atoms with E-state index in [1.165, 1.54) is 12.3 Å². The van der Waals surface area contributed by atoms with Gasteiger partial charge >= 0.3 is 0 Å². The summed E-state index contributed by atoms with van der Waals surface area (Å²) in [6.45, 7) is 3.31. The van der Waals surface area contributed by atoms with E-state index in [1.807, 2.05) is 4.90 Å². The summed E-state index contributed by atoms with van der Waals surface area (Å²) in [6.07, 6.45) is 5.43. The number of halogens is 2. The van der Waals surface area contributed by atoms with Crippen LogP contribution in [0.5, 0.6) is 0 Å². The quantitative estimate of drug-likeness (QED) is 0.332. The van der Waals surface area contributed by atoms with Crippen molar-refractivity contribution in [1.29, 1.82) is 0 Å². The minimum atomic E-state index is -3.09. The third-order valence-corrected chi connectivity index (χ3v) is 6.70. The van der Waals surface area contributed by atoms with E-state index >= 15 is 0 Å². The Morgan fingerprint density at radius 1 is 1.31 bits per heavy atom. The largest absolute Gasteiger partial charge is 0.356 e. The molecule has 1 aromatic heterocycles. The van der Waals surface area contributed by atoms with Crippen molar-refractivity contribution in [2.45, 2.75) is 25.3 Å². The minimum Gasteiger partial charge on any atom is -0.356 e. The lowest BCUT2D eigenvalue weighted by Crippen LogP contribution is -2.47. The van der Waals surface area contributed by atoms with Gasteiger partial charge in [0.05, 0.1) is 6.26 Å². The molecule has 1 atom stereocenters. The number of nitrogens with one attached hydrogen (secondary N) is 2. The van der Waals surface area contributed by atoms with Gasteiger partial charge in [0.1, 0.15) is 0 Å². The number of nitrogens with zero attached hydrogens (tertiary/aromatic N) is 4. The fourth-order valence-electron chi connectivity index (χ4n) is 3.75. The van der Waals surface area contributed by atoms with Crippen LogP contribution < -0.4 is 15.5 Å². The Kier molecular flexibility index (Phi) is 8.89. The first-order chi connectivity index (χ1) is 13.4. The molecule has 0 bridgehead atoms. The van der Waals surface area contributed by atoms with Gasteiger partial charge in [-0.15, -0.1) is 24.0 Å². The van der Waals surface area contributed by atoms with Gasteiger partial charge < -0.3 is 15.5 Å². The first-order valence-corrected chi connectivity index (χ1v) is 11.5. The first kappa shape index (κ1) is 24.1. The molecule has 0 saturated carbocycles. The summed E-state index contributed by atoms with van der Waals surface area (Å²) < 4.78 is 38.7. The number of pyridine rings is 1. The van der Waals surface area contributed by atoms with Crippen molar-refractivity contribution < 1.29 is 12.8 Å². The van der Waals surface area contributed by atoms with Crippen LogP contribution in [-0.4, -0.2) is 75.7 Å². The van der Waals surface area contributed by atoms with Crippen LogP contribution in [0.4, 0.5) is 10.2 Å². The number of sulfonamides is 1. The molecule has 2 aliphatic heterocycles. The topological polar surface area (TPSA) is 89.9 Å². The second-order valence-corrected chi connectivity index (χ2v) is 9.43. The van der Waals surface area contributed by atoms with Crippen LogP contribution in [0.3, 0.4) is 0 Å². The highest BCUT2D eigenvalue weighted by Gasteiger charge is 2.27. The number of hydrogen-bond donors (Lipinski definition) is 2. The maximum atomic E-state index is 13.9. The summed E-state index contributed by atoms with van der Waals surface area (Å²) in [5, 5.41) is 6.75. The molecule has 2 aliphatic rings. The molecule has 8 nitrogen and oxygen atoms in total. The van der Waals surface area contributed by atoms with Crippen LogP contribution in [-0.2, 0) is 10.0 Å². The van der Waals surface area contributed by atoms with Crippen molar-refractivity contribution in [3.8, 4) is 0 Å². The molecule has 2 N–H and O–H groups in total. The molecule has 2 saturated heterocycles. The van der Waals surface area contributed by atoms with E-state index in [0.717, 1.165) is 38.3 Å². The molecule has 2 fully saturated rings. The molecule has 0 spiro atoms. The number of anilines is 1. The predicted molar refractivity (Wildman–Crippen MR) is 124 cm³/mol. The fraction of sp³-hybridized carbons (Fsp3) is 0.667. The lowest BCUT2D eigenvalue weighted by molar-refractivity contribution is 0.274. The molecule has 3 heterocycles. The third-order valence-electron chi connectivity index (χ3n) is 5.39. The van der Waals surface area contributed by atoms with Gasteiger partial charge in [0.15, 0.2) is 17.6 Å². The zero-order valence-electron chi connectivity index (χ0n) is 16.8. The van der Waals surface area contributed by atoms with Gasteiger partial charge in [0.2, 0.25) is 10.0 Å². The Morgan fingerprint density at radius 2 is 2.03 bits per heavy atom. The molecule has 29 heavy (non-hydrogen) atoms. The van der Waals surface area contributed by atoms with Gasteiger partial charge in [-0.1, -0.05) is 0 Å². The predicted octanol–water partition coefficient (Wildman–Crippen LogP) is 1.25. The third kappa shape index (κ3) is 6.64. The van der Waals surface area contributed by atoms with Crippen molar-refractivity contribution in [3.63, 3.8) is 0 Å². The Hall–Kier alpha value is -1.21. The molecule has 164 valence electrons. The molecule has 3 rings (SSSR count). The normalized spacial score (nSPS) is 21.7. The maximum Gasteiger partial charge on any atom is 0.211 e. The van der Waals surface area contributed by atoms with Gasteiger partial charge in [-0.25, -0.2) is 22.1 Å². The van der Waals surface area contributed by atoms with Crippen LogP contribution in [0.25, 0.3) is 0 Å². The van der Waals surface area contributed by atoms with Crippen LogP contribution >= 0.6 is 24.0 Å². The molecular formula is C18H30FIN6O2S. The second-order valence-electron chi connectivity index (χ2n) is 7.44. The number of hydrogen-bond acceptors (Lipinski definition) is 5. The average molecular weight is 540 g/mol. The lowest BCUT2D eigenvalue weighted by atomic mass is 9.98. The van der Waals surface area contributed by atoms with Crippen molar-refractivity contribution in [2.75, 3.05) is 50.9 Å². The van der Waals surface area contributed by atoms with Crippen molar-refractivity contribution in [1.82, 2.24) is 19.9 Å². The highest BCUT2D eigenvalue weighted by molar-refractivity contribution is 14.0. The first-order valence-electron chi connectivity index (χ1n) is 9.64. The standard InChI is InChI=1S/C18H29FN6O2S.HI/c1-20-18(22-12-14-5-10-25(11-6-14)28(2,26)27)23-15-7-9-24(13-15)17-16(19)4-3-8-21-17;/h3-4,8,14-15H,5-7,9-13H2,1-2H3,(H2,20,22,23);1H. The van der Waals surface area contributed by atoms with E-state index in [-0.39, 0.29) is 35.8 Å². The second kappa shape index (κ2) is 10.7. The number of guanidine groups is 1. The molecule has 0 aromatic carbocycles. The SMILES string of the molecule is CN=C(NCC1CCN(S(C)(=O)=O)CC1)NC1CCN(c2ncccc2F)C1.I. The van der Waals surface area contributed by atoms with Gasteiger partial charge in [0.25, 0.3) is 0 Å². The molecule has 0 aliphatic carbocycles. The minimum absolute atomic E-state index is 0. The monoisotopic (exact) mass is 540 g/mol. The molecule has 0 amide bonds. The Balaban J connectivity index is 0.00000300. The van der Waals surface area contributed by atoms with Gasteiger partial charge in [-0.2, -0.15) is 0 Å². The summed E-state index contributed by atoms with van der Waals surface area (Å²) >= 11 is 0. The van der Waals surface area contributed by atoms with Gasteiger partial charge in [-0.3, -0.25) is 4.99 Å². The van der Waals surface area contributed by atoms with E-state index in [4.69, 9.17) is 0 Å². The maximum absolute atomic E-state index is 13.9. The smallest absolute Gasteiger partial charge is 0.211 e.